The van der Waals surface area contributed by atoms with E-state index in [1.807, 2.05) is 0 Å². The average Bonchev–Trinajstić information content (AvgIpc) is 2.44. The first-order valence-corrected chi connectivity index (χ1v) is 7.58. The Morgan fingerprint density at radius 1 is 1.21 bits per heavy atom. The van der Waals surface area contributed by atoms with Crippen molar-refractivity contribution in [3.63, 3.8) is 0 Å². The maximum atomic E-state index is 13.3. The smallest absolute Gasteiger partial charge is 0.422 e. The molecule has 2 aromatic rings. The number of carbonyl (C=O) groups excluding carboxylic acids is 1. The highest BCUT2D eigenvalue weighted by Gasteiger charge is 2.29. The van der Waals surface area contributed by atoms with Gasteiger partial charge in [0.15, 0.2) is 6.61 Å². The summed E-state index contributed by atoms with van der Waals surface area (Å²) in [5.41, 5.74) is -0.0826. The minimum atomic E-state index is -4.53. The lowest BCUT2D eigenvalue weighted by molar-refractivity contribution is -0.153. The first-order chi connectivity index (χ1) is 11.1. The summed E-state index contributed by atoms with van der Waals surface area (Å²) in [6.07, 6.45) is -4.53. The van der Waals surface area contributed by atoms with Crippen LogP contribution in [-0.2, 0) is 0 Å². The number of amides is 1. The summed E-state index contributed by atoms with van der Waals surface area (Å²) in [4.78, 5) is 12.2. The SMILES string of the molecule is O=C(Nc1cc(Cl)ccc1OCC(F)(F)F)c1cc(F)cc(Br)c1. The van der Waals surface area contributed by atoms with E-state index < -0.39 is 24.5 Å². The molecule has 0 aromatic heterocycles. The van der Waals surface area contributed by atoms with E-state index in [1.165, 1.54) is 24.3 Å². The van der Waals surface area contributed by atoms with Crippen LogP contribution in [0.25, 0.3) is 0 Å². The monoisotopic (exact) mass is 425 g/mol. The third-order valence-electron chi connectivity index (χ3n) is 2.71. The molecule has 2 aromatic carbocycles. The van der Waals surface area contributed by atoms with Crippen molar-refractivity contribution in [2.75, 3.05) is 11.9 Å². The third-order valence-corrected chi connectivity index (χ3v) is 3.40. The normalized spacial score (nSPS) is 11.2. The van der Waals surface area contributed by atoms with Gasteiger partial charge in [-0.05, 0) is 36.4 Å². The summed E-state index contributed by atoms with van der Waals surface area (Å²) in [6, 6.07) is 7.26. The number of ether oxygens (including phenoxy) is 1. The zero-order valence-electron chi connectivity index (χ0n) is 11.8. The zero-order valence-corrected chi connectivity index (χ0v) is 14.1. The minimum Gasteiger partial charge on any atom is -0.482 e. The largest absolute Gasteiger partial charge is 0.482 e. The summed E-state index contributed by atoms with van der Waals surface area (Å²) in [5, 5.41) is 2.54. The van der Waals surface area contributed by atoms with Gasteiger partial charge in [0.1, 0.15) is 11.6 Å². The third kappa shape index (κ3) is 5.38. The van der Waals surface area contributed by atoms with E-state index in [0.717, 1.165) is 12.1 Å². The summed E-state index contributed by atoms with van der Waals surface area (Å²) in [6.45, 7) is -1.52. The predicted molar refractivity (Wildman–Crippen MR) is 85.1 cm³/mol. The van der Waals surface area contributed by atoms with Crippen molar-refractivity contribution < 1.29 is 27.1 Å². The van der Waals surface area contributed by atoms with Gasteiger partial charge in [-0.1, -0.05) is 27.5 Å². The molecule has 0 spiro atoms. The van der Waals surface area contributed by atoms with E-state index in [9.17, 15) is 22.4 Å². The Morgan fingerprint density at radius 3 is 2.54 bits per heavy atom. The number of alkyl halides is 3. The Balaban J connectivity index is 2.24. The molecule has 0 aliphatic carbocycles. The summed E-state index contributed by atoms with van der Waals surface area (Å²) in [7, 11) is 0. The maximum absolute atomic E-state index is 13.3. The summed E-state index contributed by atoms with van der Waals surface area (Å²) in [5.74, 6) is -1.58. The van der Waals surface area contributed by atoms with Gasteiger partial charge in [-0.3, -0.25) is 4.79 Å². The fourth-order valence-corrected chi connectivity index (χ4v) is 2.40. The van der Waals surface area contributed by atoms with Crippen molar-refractivity contribution >= 4 is 39.1 Å². The van der Waals surface area contributed by atoms with Gasteiger partial charge < -0.3 is 10.1 Å². The molecule has 0 saturated heterocycles. The molecule has 0 saturated carbocycles. The van der Waals surface area contributed by atoms with Crippen LogP contribution in [0.3, 0.4) is 0 Å². The van der Waals surface area contributed by atoms with Gasteiger partial charge in [0, 0.05) is 15.1 Å². The fraction of sp³-hybridized carbons (Fsp3) is 0.133. The molecule has 1 amide bonds. The quantitative estimate of drug-likeness (QED) is 0.662. The van der Waals surface area contributed by atoms with E-state index in [1.54, 1.807) is 0 Å². The van der Waals surface area contributed by atoms with Crippen LogP contribution in [0.5, 0.6) is 5.75 Å². The van der Waals surface area contributed by atoms with E-state index >= 15 is 0 Å². The Morgan fingerprint density at radius 2 is 1.92 bits per heavy atom. The standard InChI is InChI=1S/C15H9BrClF4NO2/c16-9-3-8(4-11(18)5-9)14(23)22-12-6-10(17)1-2-13(12)24-7-15(19,20)21/h1-6H,7H2,(H,22,23). The van der Waals surface area contributed by atoms with Gasteiger partial charge in [0.2, 0.25) is 0 Å². The summed E-state index contributed by atoms with van der Waals surface area (Å²) >= 11 is 8.84. The van der Waals surface area contributed by atoms with Crippen LogP contribution in [0.15, 0.2) is 40.9 Å². The van der Waals surface area contributed by atoms with Gasteiger partial charge in [-0.2, -0.15) is 13.2 Å². The number of benzene rings is 2. The number of hydrogen-bond acceptors (Lipinski definition) is 2. The molecule has 2 rings (SSSR count). The minimum absolute atomic E-state index is 0.0244. The Hall–Kier alpha value is -1.80. The molecule has 3 nitrogen and oxygen atoms in total. The zero-order chi connectivity index (χ0) is 17.9. The Kier molecular flexibility index (Phi) is 5.71. The second-order valence-corrected chi connectivity index (χ2v) is 6.01. The average molecular weight is 427 g/mol. The van der Waals surface area contributed by atoms with E-state index in [0.29, 0.717) is 4.47 Å². The number of nitrogens with one attached hydrogen (secondary N) is 1. The van der Waals surface area contributed by atoms with Crippen LogP contribution in [0.2, 0.25) is 5.02 Å². The number of anilines is 1. The molecule has 0 unspecified atom stereocenters. The van der Waals surface area contributed by atoms with Gasteiger partial charge in [0.25, 0.3) is 5.91 Å². The fourth-order valence-electron chi connectivity index (χ4n) is 1.76. The first-order valence-electron chi connectivity index (χ1n) is 6.40. The van der Waals surface area contributed by atoms with Crippen LogP contribution < -0.4 is 10.1 Å². The molecule has 0 radical (unpaired) electrons. The second kappa shape index (κ2) is 7.40. The highest BCUT2D eigenvalue weighted by molar-refractivity contribution is 9.10. The lowest BCUT2D eigenvalue weighted by atomic mass is 10.2. The lowest BCUT2D eigenvalue weighted by Crippen LogP contribution is -2.20. The molecule has 0 atom stereocenters. The summed E-state index contributed by atoms with van der Waals surface area (Å²) < 4.78 is 55.2. The molecule has 0 aliphatic rings. The highest BCUT2D eigenvalue weighted by atomic mass is 79.9. The van der Waals surface area contributed by atoms with E-state index in [2.05, 4.69) is 26.0 Å². The van der Waals surface area contributed by atoms with Crippen LogP contribution in [0.1, 0.15) is 10.4 Å². The van der Waals surface area contributed by atoms with E-state index in [4.69, 9.17) is 11.6 Å². The number of carbonyl (C=O) groups is 1. The molecule has 0 aliphatic heterocycles. The van der Waals surface area contributed by atoms with Crippen LogP contribution in [0, 0.1) is 5.82 Å². The van der Waals surface area contributed by atoms with Gasteiger partial charge in [-0.15, -0.1) is 0 Å². The molecule has 0 fully saturated rings. The predicted octanol–water partition coefficient (Wildman–Crippen LogP) is 5.44. The number of rotatable bonds is 4. The molecule has 1 N–H and O–H groups in total. The molecule has 0 heterocycles. The van der Waals surface area contributed by atoms with Crippen LogP contribution >= 0.6 is 27.5 Å². The van der Waals surface area contributed by atoms with Crippen molar-refractivity contribution in [2.45, 2.75) is 6.18 Å². The van der Waals surface area contributed by atoms with Crippen molar-refractivity contribution in [1.29, 1.82) is 0 Å². The molecular weight excluding hydrogens is 418 g/mol. The lowest BCUT2D eigenvalue weighted by Gasteiger charge is -2.14. The van der Waals surface area contributed by atoms with Crippen molar-refractivity contribution in [2.24, 2.45) is 0 Å². The molecule has 0 bridgehead atoms. The number of halogens is 6. The first kappa shape index (κ1) is 18.5. The topological polar surface area (TPSA) is 38.3 Å². The molecule has 128 valence electrons. The van der Waals surface area contributed by atoms with Crippen molar-refractivity contribution in [3.8, 4) is 5.75 Å². The second-order valence-electron chi connectivity index (χ2n) is 4.66. The highest BCUT2D eigenvalue weighted by Crippen LogP contribution is 2.30. The van der Waals surface area contributed by atoms with Crippen LogP contribution in [-0.4, -0.2) is 18.7 Å². The number of hydrogen-bond donors (Lipinski definition) is 1. The van der Waals surface area contributed by atoms with Gasteiger partial charge >= 0.3 is 6.18 Å². The van der Waals surface area contributed by atoms with Crippen LogP contribution in [0.4, 0.5) is 23.2 Å². The molecule has 9 heteroatoms. The van der Waals surface area contributed by atoms with Crippen molar-refractivity contribution in [3.05, 3.63) is 57.3 Å². The van der Waals surface area contributed by atoms with E-state index in [-0.39, 0.29) is 22.0 Å². The van der Waals surface area contributed by atoms with Crippen molar-refractivity contribution in [1.82, 2.24) is 0 Å². The Labute approximate surface area is 147 Å². The maximum Gasteiger partial charge on any atom is 0.422 e. The van der Waals surface area contributed by atoms with Gasteiger partial charge in [-0.25, -0.2) is 4.39 Å². The molecule has 24 heavy (non-hydrogen) atoms. The Bertz CT molecular complexity index is 747. The van der Waals surface area contributed by atoms with Gasteiger partial charge in [0.05, 0.1) is 5.69 Å². The molecular formula is C15H9BrClF4NO2.